The third-order valence-electron chi connectivity index (χ3n) is 3.67. The molecule has 1 saturated heterocycles. The van der Waals surface area contributed by atoms with E-state index in [1.54, 1.807) is 0 Å². The summed E-state index contributed by atoms with van der Waals surface area (Å²) in [5.74, 6) is 1.16. The van der Waals surface area contributed by atoms with Crippen LogP contribution in [0.15, 0.2) is 0 Å². The second-order valence-corrected chi connectivity index (χ2v) is 4.81. The fraction of sp³-hybridized carbons (Fsp3) is 0.909. The summed E-state index contributed by atoms with van der Waals surface area (Å²) < 4.78 is 0. The summed E-state index contributed by atoms with van der Waals surface area (Å²) in [5, 5.41) is 3.47. The van der Waals surface area contributed by atoms with Gasteiger partial charge in [-0.3, -0.25) is 4.79 Å². The number of Topliss-reactive ketones (excluding diaryl/α,β-unsaturated/α-hetero) is 1. The van der Waals surface area contributed by atoms with Crippen molar-refractivity contribution in [2.75, 3.05) is 5.88 Å². The molecule has 1 heterocycles. The maximum atomic E-state index is 11.4. The molecule has 1 N–H and O–H groups in total. The van der Waals surface area contributed by atoms with Crippen molar-refractivity contribution in [2.24, 2.45) is 5.92 Å². The molecular weight excluding hydrogens is 198 g/mol. The molecule has 3 atom stereocenters. The summed E-state index contributed by atoms with van der Waals surface area (Å²) in [7, 11) is 0. The molecule has 14 heavy (non-hydrogen) atoms. The smallest absolute Gasteiger partial charge is 0.164 e. The Balaban J connectivity index is 1.92. The average Bonchev–Trinajstić information content (AvgIpc) is 2.27. The van der Waals surface area contributed by atoms with Crippen molar-refractivity contribution >= 4 is 17.4 Å². The van der Waals surface area contributed by atoms with Gasteiger partial charge in [-0.2, -0.15) is 0 Å². The minimum atomic E-state index is 0.0480. The van der Waals surface area contributed by atoms with Crippen LogP contribution < -0.4 is 5.32 Å². The highest BCUT2D eigenvalue weighted by Gasteiger charge is 2.33. The van der Waals surface area contributed by atoms with E-state index in [9.17, 15) is 4.79 Å². The molecule has 0 aromatic carbocycles. The van der Waals surface area contributed by atoms with Crippen molar-refractivity contribution in [3.05, 3.63) is 0 Å². The predicted octanol–water partition coefficient (Wildman–Crippen LogP) is 2.11. The van der Waals surface area contributed by atoms with Crippen molar-refractivity contribution in [3.8, 4) is 0 Å². The number of hydrogen-bond acceptors (Lipinski definition) is 2. The average molecular weight is 216 g/mol. The molecule has 3 heteroatoms. The first kappa shape index (κ1) is 10.4. The van der Waals surface area contributed by atoms with E-state index in [1.807, 2.05) is 0 Å². The lowest BCUT2D eigenvalue weighted by Gasteiger charge is -2.39. The second kappa shape index (κ2) is 4.63. The Kier molecular flexibility index (Phi) is 3.45. The molecule has 1 aliphatic heterocycles. The SMILES string of the molecule is O=C(CCl)C1CCC2CCCCC2N1. The zero-order valence-electron chi connectivity index (χ0n) is 8.47. The molecule has 2 fully saturated rings. The Labute approximate surface area is 90.4 Å². The van der Waals surface area contributed by atoms with Crippen LogP contribution in [0.2, 0.25) is 0 Å². The van der Waals surface area contributed by atoms with E-state index in [0.717, 1.165) is 12.3 Å². The lowest BCUT2D eigenvalue weighted by atomic mass is 9.77. The molecule has 2 aliphatic rings. The number of halogens is 1. The van der Waals surface area contributed by atoms with Crippen molar-refractivity contribution in [2.45, 2.75) is 50.6 Å². The molecule has 1 saturated carbocycles. The number of hydrogen-bond donors (Lipinski definition) is 1. The van der Waals surface area contributed by atoms with Gasteiger partial charge in [0, 0.05) is 6.04 Å². The molecular formula is C11H18ClNO. The molecule has 0 aromatic heterocycles. The Hall–Kier alpha value is -0.0800. The van der Waals surface area contributed by atoms with Crippen molar-refractivity contribution < 1.29 is 4.79 Å². The maximum absolute atomic E-state index is 11.4. The molecule has 80 valence electrons. The van der Waals surface area contributed by atoms with Gasteiger partial charge in [-0.1, -0.05) is 12.8 Å². The Morgan fingerprint density at radius 2 is 2.00 bits per heavy atom. The lowest BCUT2D eigenvalue weighted by Crippen LogP contribution is -2.52. The monoisotopic (exact) mass is 215 g/mol. The minimum absolute atomic E-state index is 0.0480. The van der Waals surface area contributed by atoms with E-state index >= 15 is 0 Å². The van der Waals surface area contributed by atoms with Crippen LogP contribution in [0.25, 0.3) is 0 Å². The Bertz CT molecular complexity index is 219. The third-order valence-corrected chi connectivity index (χ3v) is 3.93. The van der Waals surface area contributed by atoms with Gasteiger partial charge in [0.15, 0.2) is 5.78 Å². The first-order valence-electron chi connectivity index (χ1n) is 5.66. The van der Waals surface area contributed by atoms with Gasteiger partial charge in [-0.25, -0.2) is 0 Å². The summed E-state index contributed by atoms with van der Waals surface area (Å²) in [4.78, 5) is 11.4. The second-order valence-electron chi connectivity index (χ2n) is 4.55. The summed E-state index contributed by atoms with van der Waals surface area (Å²) >= 11 is 5.57. The van der Waals surface area contributed by atoms with E-state index in [4.69, 9.17) is 11.6 Å². The fourth-order valence-electron chi connectivity index (χ4n) is 2.84. The summed E-state index contributed by atoms with van der Waals surface area (Å²) in [6, 6.07) is 0.640. The lowest BCUT2D eigenvalue weighted by molar-refractivity contribution is -0.120. The number of alkyl halides is 1. The van der Waals surface area contributed by atoms with Gasteiger partial charge in [-0.15, -0.1) is 11.6 Å². The van der Waals surface area contributed by atoms with Gasteiger partial charge in [0.2, 0.25) is 0 Å². The number of fused-ring (bicyclic) bond motifs is 1. The first-order valence-corrected chi connectivity index (χ1v) is 6.19. The zero-order valence-corrected chi connectivity index (χ0v) is 9.22. The Morgan fingerprint density at radius 1 is 1.21 bits per heavy atom. The highest BCUT2D eigenvalue weighted by Crippen LogP contribution is 2.32. The molecule has 2 rings (SSSR count). The molecule has 0 aromatic rings. The predicted molar refractivity (Wildman–Crippen MR) is 57.6 cm³/mol. The highest BCUT2D eigenvalue weighted by atomic mass is 35.5. The van der Waals surface area contributed by atoms with Gasteiger partial charge < -0.3 is 5.32 Å². The van der Waals surface area contributed by atoms with Crippen molar-refractivity contribution in [3.63, 3.8) is 0 Å². The first-order chi connectivity index (χ1) is 6.81. The molecule has 1 aliphatic carbocycles. The van der Waals surface area contributed by atoms with Gasteiger partial charge in [0.25, 0.3) is 0 Å². The van der Waals surface area contributed by atoms with Gasteiger partial charge in [0.05, 0.1) is 11.9 Å². The van der Waals surface area contributed by atoms with Crippen LogP contribution in [0.4, 0.5) is 0 Å². The van der Waals surface area contributed by atoms with Crippen LogP contribution in [-0.4, -0.2) is 23.7 Å². The number of rotatable bonds is 2. The quantitative estimate of drug-likeness (QED) is 0.715. The largest absolute Gasteiger partial charge is 0.304 e. The van der Waals surface area contributed by atoms with Crippen LogP contribution in [0.3, 0.4) is 0 Å². The number of carbonyl (C=O) groups is 1. The number of piperidine rings is 1. The van der Waals surface area contributed by atoms with Crippen LogP contribution in [0.5, 0.6) is 0 Å². The normalized spacial score (nSPS) is 37.6. The van der Waals surface area contributed by atoms with Crippen LogP contribution in [0, 0.1) is 5.92 Å². The standard InChI is InChI=1S/C11H18ClNO/c12-7-11(14)10-6-5-8-3-1-2-4-9(8)13-10/h8-10,13H,1-7H2. The fourth-order valence-corrected chi connectivity index (χ4v) is 3.03. The Morgan fingerprint density at radius 3 is 2.79 bits per heavy atom. The zero-order chi connectivity index (χ0) is 9.97. The van der Waals surface area contributed by atoms with Crippen LogP contribution in [0.1, 0.15) is 38.5 Å². The van der Waals surface area contributed by atoms with Crippen LogP contribution >= 0.6 is 11.6 Å². The molecule has 3 unspecified atom stereocenters. The molecule has 0 radical (unpaired) electrons. The summed E-state index contributed by atoms with van der Waals surface area (Å²) in [5.41, 5.74) is 0. The highest BCUT2D eigenvalue weighted by molar-refractivity contribution is 6.28. The van der Waals surface area contributed by atoms with Gasteiger partial charge in [-0.05, 0) is 31.6 Å². The van der Waals surface area contributed by atoms with Crippen LogP contribution in [-0.2, 0) is 4.79 Å². The molecule has 0 amide bonds. The van der Waals surface area contributed by atoms with Crippen molar-refractivity contribution in [1.29, 1.82) is 0 Å². The number of ketones is 1. The van der Waals surface area contributed by atoms with E-state index in [1.165, 1.54) is 32.1 Å². The van der Waals surface area contributed by atoms with E-state index in [0.29, 0.717) is 6.04 Å². The molecule has 0 spiro atoms. The van der Waals surface area contributed by atoms with Crippen molar-refractivity contribution in [1.82, 2.24) is 5.32 Å². The van der Waals surface area contributed by atoms with E-state index in [2.05, 4.69) is 5.32 Å². The summed E-state index contributed by atoms with van der Waals surface area (Å²) in [6.07, 6.45) is 7.49. The molecule has 2 nitrogen and oxygen atoms in total. The van der Waals surface area contributed by atoms with Gasteiger partial charge in [0.1, 0.15) is 0 Å². The topological polar surface area (TPSA) is 29.1 Å². The third kappa shape index (κ3) is 2.12. The van der Waals surface area contributed by atoms with Gasteiger partial charge >= 0.3 is 0 Å². The summed E-state index contributed by atoms with van der Waals surface area (Å²) in [6.45, 7) is 0. The number of carbonyl (C=O) groups excluding carboxylic acids is 1. The number of nitrogens with one attached hydrogen (secondary N) is 1. The minimum Gasteiger partial charge on any atom is -0.304 e. The maximum Gasteiger partial charge on any atom is 0.164 e. The van der Waals surface area contributed by atoms with E-state index in [-0.39, 0.29) is 17.7 Å². The van der Waals surface area contributed by atoms with E-state index < -0.39 is 0 Å². The molecule has 0 bridgehead atoms.